The lowest BCUT2D eigenvalue weighted by atomic mass is 10.1. The summed E-state index contributed by atoms with van der Waals surface area (Å²) in [5.74, 6) is 2.07. The van der Waals surface area contributed by atoms with Crippen molar-refractivity contribution < 1.29 is 13.2 Å². The molecule has 0 aromatic carbocycles. The van der Waals surface area contributed by atoms with Gasteiger partial charge >= 0.3 is 6.18 Å². The summed E-state index contributed by atoms with van der Waals surface area (Å²) < 4.78 is 37.4. The largest absolute Gasteiger partial charge is 0.443 e. The lowest BCUT2D eigenvalue weighted by Gasteiger charge is -2.31. The molecule has 102 valence electrons. The molecule has 0 aliphatic carbocycles. The lowest BCUT2D eigenvalue weighted by Crippen LogP contribution is -2.33. The van der Waals surface area contributed by atoms with Crippen LogP contribution in [0.2, 0.25) is 0 Å². The topological polar surface area (TPSA) is 38.9 Å². The molecule has 0 amide bonds. The molecule has 8 heteroatoms. The summed E-state index contributed by atoms with van der Waals surface area (Å²) in [6, 6.07) is -0.369. The van der Waals surface area contributed by atoms with Crippen molar-refractivity contribution in [2.75, 3.05) is 11.5 Å². The first kappa shape index (κ1) is 14.5. The molecule has 2 rings (SSSR count). The molecule has 1 aliphatic heterocycles. The number of halogens is 3. The van der Waals surface area contributed by atoms with Crippen molar-refractivity contribution in [2.45, 2.75) is 29.6 Å². The maximum atomic E-state index is 12.5. The number of rotatable bonds is 2. The highest BCUT2D eigenvalue weighted by molar-refractivity contribution is 8.07. The first-order valence-corrected chi connectivity index (χ1v) is 8.32. The van der Waals surface area contributed by atoms with Crippen molar-refractivity contribution >= 4 is 34.9 Å². The average molecular weight is 314 g/mol. The van der Waals surface area contributed by atoms with Gasteiger partial charge in [0.05, 0.1) is 6.04 Å². The van der Waals surface area contributed by atoms with Crippen molar-refractivity contribution in [2.24, 2.45) is 5.73 Å². The van der Waals surface area contributed by atoms with E-state index in [0.29, 0.717) is 21.5 Å². The van der Waals surface area contributed by atoms with E-state index in [2.05, 4.69) is 11.9 Å². The molecule has 2 nitrogen and oxygen atoms in total. The predicted octanol–water partition coefficient (Wildman–Crippen LogP) is 3.40. The van der Waals surface area contributed by atoms with E-state index in [4.69, 9.17) is 5.73 Å². The molecule has 18 heavy (non-hydrogen) atoms. The number of hydrogen-bond donors (Lipinski definition) is 1. The number of alkyl halides is 3. The Bertz CT molecular complexity index is 407. The molecule has 2 N–H and O–H groups in total. The van der Waals surface area contributed by atoms with Gasteiger partial charge in [-0.15, -0.1) is 11.3 Å². The van der Waals surface area contributed by atoms with Crippen molar-refractivity contribution in [1.29, 1.82) is 0 Å². The van der Waals surface area contributed by atoms with Crippen LogP contribution in [0, 0.1) is 0 Å². The van der Waals surface area contributed by atoms with Crippen LogP contribution in [0.4, 0.5) is 13.2 Å². The van der Waals surface area contributed by atoms with E-state index in [9.17, 15) is 13.2 Å². The molecule has 1 fully saturated rings. The highest BCUT2D eigenvalue weighted by Crippen LogP contribution is 2.40. The number of thiazole rings is 1. The van der Waals surface area contributed by atoms with E-state index in [1.807, 2.05) is 11.8 Å². The van der Waals surface area contributed by atoms with Crippen LogP contribution in [0.25, 0.3) is 0 Å². The minimum absolute atomic E-state index is 0.158. The van der Waals surface area contributed by atoms with Gasteiger partial charge in [0.15, 0.2) is 5.01 Å². The standard InChI is InChI=1S/C10H13F3N2S3/c1-5-8(17-3-2-16-5)7(14)6-4-15-9(18-6)10(11,12)13/h4-5,7-8H,2-3,14H2,1H3. The van der Waals surface area contributed by atoms with Crippen LogP contribution in [0.3, 0.4) is 0 Å². The fourth-order valence-corrected chi connectivity index (χ4v) is 5.57. The fourth-order valence-electron chi connectivity index (χ4n) is 1.78. The van der Waals surface area contributed by atoms with Gasteiger partial charge in [-0.3, -0.25) is 0 Å². The summed E-state index contributed by atoms with van der Waals surface area (Å²) in [7, 11) is 0. The Balaban J connectivity index is 2.13. The van der Waals surface area contributed by atoms with Crippen molar-refractivity contribution in [3.05, 3.63) is 16.1 Å². The molecule has 1 aromatic heterocycles. The Morgan fingerprint density at radius 3 is 2.61 bits per heavy atom. The predicted molar refractivity (Wildman–Crippen MR) is 72.2 cm³/mol. The zero-order chi connectivity index (χ0) is 13.3. The summed E-state index contributed by atoms with van der Waals surface area (Å²) in [5, 5.41) is -0.297. The van der Waals surface area contributed by atoms with Gasteiger partial charge in [-0.05, 0) is 0 Å². The van der Waals surface area contributed by atoms with Gasteiger partial charge in [0.1, 0.15) is 0 Å². The van der Waals surface area contributed by atoms with E-state index in [0.717, 1.165) is 11.5 Å². The van der Waals surface area contributed by atoms with Gasteiger partial charge in [-0.25, -0.2) is 4.98 Å². The molecule has 3 atom stereocenters. The third kappa shape index (κ3) is 3.15. The van der Waals surface area contributed by atoms with Gasteiger partial charge in [-0.2, -0.15) is 36.7 Å². The molecule has 2 heterocycles. The van der Waals surface area contributed by atoms with Gasteiger partial charge in [-0.1, -0.05) is 6.92 Å². The number of nitrogens with two attached hydrogens (primary N) is 1. The van der Waals surface area contributed by atoms with E-state index in [1.165, 1.54) is 6.20 Å². The molecule has 0 bridgehead atoms. The molecule has 1 saturated heterocycles. The maximum absolute atomic E-state index is 12.5. The van der Waals surface area contributed by atoms with E-state index < -0.39 is 11.2 Å². The highest BCUT2D eigenvalue weighted by Gasteiger charge is 2.36. The molecule has 0 spiro atoms. The fraction of sp³-hybridized carbons (Fsp3) is 0.700. The van der Waals surface area contributed by atoms with Crippen LogP contribution in [0.5, 0.6) is 0 Å². The summed E-state index contributed by atoms with van der Waals surface area (Å²) in [4.78, 5) is 3.95. The Labute approximate surface area is 116 Å². The highest BCUT2D eigenvalue weighted by atomic mass is 32.2. The third-order valence-electron chi connectivity index (χ3n) is 2.69. The maximum Gasteiger partial charge on any atom is 0.443 e. The second kappa shape index (κ2) is 5.60. The van der Waals surface area contributed by atoms with Crippen LogP contribution in [-0.2, 0) is 6.18 Å². The van der Waals surface area contributed by atoms with Crippen LogP contribution >= 0.6 is 34.9 Å². The average Bonchev–Trinajstić information content (AvgIpc) is 2.77. The smallest absolute Gasteiger partial charge is 0.322 e. The number of hydrogen-bond acceptors (Lipinski definition) is 5. The zero-order valence-electron chi connectivity index (χ0n) is 9.61. The summed E-state index contributed by atoms with van der Waals surface area (Å²) in [5.41, 5.74) is 6.09. The molecule has 0 saturated carbocycles. The van der Waals surface area contributed by atoms with Crippen molar-refractivity contribution in [3.63, 3.8) is 0 Å². The second-order valence-electron chi connectivity index (χ2n) is 4.00. The van der Waals surface area contributed by atoms with Crippen molar-refractivity contribution in [3.8, 4) is 0 Å². The van der Waals surface area contributed by atoms with Crippen LogP contribution in [0.15, 0.2) is 6.20 Å². The van der Waals surface area contributed by atoms with Crippen molar-refractivity contribution in [1.82, 2.24) is 4.98 Å². The number of thioether (sulfide) groups is 2. The first-order valence-electron chi connectivity index (χ1n) is 5.41. The van der Waals surface area contributed by atoms with Crippen LogP contribution in [-0.4, -0.2) is 27.0 Å². The molecule has 0 radical (unpaired) electrons. The Kier molecular flexibility index (Phi) is 4.51. The minimum Gasteiger partial charge on any atom is -0.322 e. The second-order valence-corrected chi connectivity index (χ2v) is 7.84. The normalized spacial score (nSPS) is 27.2. The molecule has 3 unspecified atom stereocenters. The van der Waals surface area contributed by atoms with E-state index in [-0.39, 0.29) is 11.3 Å². The zero-order valence-corrected chi connectivity index (χ0v) is 12.1. The van der Waals surface area contributed by atoms with E-state index in [1.54, 1.807) is 11.8 Å². The van der Waals surface area contributed by atoms with Crippen LogP contribution in [0.1, 0.15) is 22.9 Å². The van der Waals surface area contributed by atoms with Crippen LogP contribution < -0.4 is 5.73 Å². The molecular weight excluding hydrogens is 301 g/mol. The molecule has 1 aromatic rings. The molecule has 1 aliphatic rings. The Morgan fingerprint density at radius 2 is 2.06 bits per heavy atom. The molecular formula is C10H13F3N2S3. The Morgan fingerprint density at radius 1 is 1.39 bits per heavy atom. The van der Waals surface area contributed by atoms with Gasteiger partial charge < -0.3 is 5.73 Å². The summed E-state index contributed by atoms with van der Waals surface area (Å²) in [6.07, 6.45) is -3.10. The quantitative estimate of drug-likeness (QED) is 0.908. The lowest BCUT2D eigenvalue weighted by molar-refractivity contribution is -0.137. The minimum atomic E-state index is -4.37. The monoisotopic (exact) mass is 314 g/mol. The first-order chi connectivity index (χ1) is 8.39. The van der Waals surface area contributed by atoms with Gasteiger partial charge in [0, 0.05) is 33.1 Å². The SMILES string of the molecule is CC1SCCSC1C(N)c1cnc(C(F)(F)F)s1. The third-order valence-corrected chi connectivity index (χ3v) is 7.04. The van der Waals surface area contributed by atoms with Gasteiger partial charge in [0.25, 0.3) is 0 Å². The summed E-state index contributed by atoms with van der Waals surface area (Å²) >= 11 is 4.23. The van der Waals surface area contributed by atoms with E-state index >= 15 is 0 Å². The number of aromatic nitrogens is 1. The summed E-state index contributed by atoms with van der Waals surface area (Å²) in [6.45, 7) is 2.08. The number of nitrogens with zero attached hydrogens (tertiary/aromatic N) is 1. The van der Waals surface area contributed by atoms with Gasteiger partial charge in [0.2, 0.25) is 0 Å². The Hall–Kier alpha value is 0.0800.